The van der Waals surface area contributed by atoms with Crippen molar-refractivity contribution in [3.05, 3.63) is 11.3 Å². The molecule has 3 heteroatoms. The molecule has 18 heavy (non-hydrogen) atoms. The van der Waals surface area contributed by atoms with E-state index in [0.29, 0.717) is 0 Å². The van der Waals surface area contributed by atoms with Crippen LogP contribution in [0.2, 0.25) is 0 Å². The number of amides is 1. The van der Waals surface area contributed by atoms with Crippen molar-refractivity contribution in [3.63, 3.8) is 0 Å². The summed E-state index contributed by atoms with van der Waals surface area (Å²) >= 11 is 0. The lowest BCUT2D eigenvalue weighted by molar-refractivity contribution is -0.122. The Hall–Kier alpha value is -1.30. The van der Waals surface area contributed by atoms with Crippen LogP contribution in [0.25, 0.3) is 0 Å². The Morgan fingerprint density at radius 2 is 1.78 bits per heavy atom. The maximum absolute atomic E-state index is 12.3. The fourth-order valence-corrected chi connectivity index (χ4v) is 3.24. The van der Waals surface area contributed by atoms with Crippen molar-refractivity contribution in [1.29, 1.82) is 5.26 Å². The van der Waals surface area contributed by atoms with Crippen LogP contribution in [0, 0.1) is 28.1 Å². The van der Waals surface area contributed by atoms with Gasteiger partial charge in [-0.15, -0.1) is 0 Å². The smallest absolute Gasteiger partial charge is 0.228 e. The Kier molecular flexibility index (Phi) is 3.01. The van der Waals surface area contributed by atoms with Gasteiger partial charge in [0.2, 0.25) is 5.91 Å². The second-order valence-corrected chi connectivity index (χ2v) is 6.64. The highest BCUT2D eigenvalue weighted by Crippen LogP contribution is 2.68. The van der Waals surface area contributed by atoms with Crippen LogP contribution in [0.4, 0.5) is 0 Å². The van der Waals surface area contributed by atoms with Crippen LogP contribution in [0.3, 0.4) is 0 Å². The third kappa shape index (κ3) is 1.84. The molecule has 0 radical (unpaired) electrons. The van der Waals surface area contributed by atoms with Crippen molar-refractivity contribution in [3.8, 4) is 6.07 Å². The predicted octanol–water partition coefficient (Wildman–Crippen LogP) is 3.14. The van der Waals surface area contributed by atoms with Crippen LogP contribution in [-0.2, 0) is 4.79 Å². The summed E-state index contributed by atoms with van der Waals surface area (Å²) in [5, 5.41) is 12.1. The summed E-state index contributed by atoms with van der Waals surface area (Å²) in [6, 6.07) is 2.23. The molecule has 0 aromatic rings. The van der Waals surface area contributed by atoms with Gasteiger partial charge < -0.3 is 5.32 Å². The van der Waals surface area contributed by atoms with Crippen molar-refractivity contribution in [1.82, 2.24) is 5.32 Å². The number of nitrogens with one attached hydrogen (secondary N) is 1. The summed E-state index contributed by atoms with van der Waals surface area (Å²) in [6.45, 7) is 8.55. The maximum atomic E-state index is 12.3. The molecule has 0 unspecified atom stereocenters. The van der Waals surface area contributed by atoms with Crippen molar-refractivity contribution >= 4 is 5.91 Å². The first-order valence-corrected chi connectivity index (χ1v) is 6.75. The number of rotatable bonds is 2. The van der Waals surface area contributed by atoms with Crippen molar-refractivity contribution in [2.45, 2.75) is 53.4 Å². The minimum atomic E-state index is 0.0547. The highest BCUT2D eigenvalue weighted by molar-refractivity contribution is 5.85. The van der Waals surface area contributed by atoms with Gasteiger partial charge >= 0.3 is 0 Å². The van der Waals surface area contributed by atoms with E-state index in [4.69, 9.17) is 5.26 Å². The SMILES string of the molecule is CC1(C)C(C(=O)NC2=C(C#N)CCCC2)C1(C)C. The summed E-state index contributed by atoms with van der Waals surface area (Å²) in [7, 11) is 0. The van der Waals surface area contributed by atoms with E-state index in [9.17, 15) is 4.79 Å². The Morgan fingerprint density at radius 1 is 1.22 bits per heavy atom. The van der Waals surface area contributed by atoms with Crippen LogP contribution < -0.4 is 5.32 Å². The molecule has 1 N–H and O–H groups in total. The number of nitriles is 1. The molecule has 0 aliphatic heterocycles. The van der Waals surface area contributed by atoms with E-state index >= 15 is 0 Å². The number of carbonyl (C=O) groups is 1. The molecule has 2 rings (SSSR count). The molecule has 0 saturated heterocycles. The quantitative estimate of drug-likeness (QED) is 0.813. The minimum absolute atomic E-state index is 0.0547. The van der Waals surface area contributed by atoms with Crippen LogP contribution >= 0.6 is 0 Å². The Morgan fingerprint density at radius 3 is 2.28 bits per heavy atom. The van der Waals surface area contributed by atoms with Gasteiger partial charge in [0.25, 0.3) is 0 Å². The van der Waals surface area contributed by atoms with Crippen LogP contribution in [0.1, 0.15) is 53.4 Å². The lowest BCUT2D eigenvalue weighted by atomic mass is 9.97. The van der Waals surface area contributed by atoms with Gasteiger partial charge in [-0.05, 0) is 36.5 Å². The summed E-state index contributed by atoms with van der Waals surface area (Å²) in [4.78, 5) is 12.3. The second kappa shape index (κ2) is 4.12. The monoisotopic (exact) mass is 246 g/mol. The van der Waals surface area contributed by atoms with E-state index in [2.05, 4.69) is 39.1 Å². The zero-order valence-corrected chi connectivity index (χ0v) is 11.8. The standard InChI is InChI=1S/C15H22N2O/c1-14(2)12(15(14,3)4)13(18)17-11-8-6-5-7-10(11)9-16/h12H,5-8H2,1-4H3,(H,17,18). The van der Waals surface area contributed by atoms with Gasteiger partial charge in [0.15, 0.2) is 0 Å². The summed E-state index contributed by atoms with van der Waals surface area (Å²) < 4.78 is 0. The largest absolute Gasteiger partial charge is 0.329 e. The molecule has 1 amide bonds. The zero-order valence-electron chi connectivity index (χ0n) is 11.8. The third-order valence-corrected chi connectivity index (χ3v) is 5.16. The zero-order chi connectivity index (χ0) is 13.6. The van der Waals surface area contributed by atoms with E-state index in [-0.39, 0.29) is 22.7 Å². The number of carbonyl (C=O) groups excluding carboxylic acids is 1. The fourth-order valence-electron chi connectivity index (χ4n) is 3.24. The lowest BCUT2D eigenvalue weighted by Gasteiger charge is -2.17. The Labute approximate surface area is 109 Å². The van der Waals surface area contributed by atoms with Gasteiger partial charge in [0.1, 0.15) is 0 Å². The molecular weight excluding hydrogens is 224 g/mol. The van der Waals surface area contributed by atoms with Gasteiger partial charge in [0, 0.05) is 17.2 Å². The average molecular weight is 246 g/mol. The maximum Gasteiger partial charge on any atom is 0.228 e. The fraction of sp³-hybridized carbons (Fsp3) is 0.733. The predicted molar refractivity (Wildman–Crippen MR) is 70.3 cm³/mol. The van der Waals surface area contributed by atoms with E-state index in [0.717, 1.165) is 37.0 Å². The van der Waals surface area contributed by atoms with Crippen molar-refractivity contribution < 1.29 is 4.79 Å². The third-order valence-electron chi connectivity index (χ3n) is 5.16. The van der Waals surface area contributed by atoms with E-state index < -0.39 is 0 Å². The highest BCUT2D eigenvalue weighted by atomic mass is 16.2. The molecule has 3 nitrogen and oxygen atoms in total. The number of allylic oxidation sites excluding steroid dienone is 2. The van der Waals surface area contributed by atoms with Gasteiger partial charge in [-0.2, -0.15) is 5.26 Å². The molecule has 98 valence electrons. The molecule has 2 aliphatic rings. The van der Waals surface area contributed by atoms with E-state index in [1.165, 1.54) is 0 Å². The number of hydrogen-bond donors (Lipinski definition) is 1. The highest BCUT2D eigenvalue weighted by Gasteiger charge is 2.68. The topological polar surface area (TPSA) is 52.9 Å². The molecule has 1 fully saturated rings. The van der Waals surface area contributed by atoms with Crippen molar-refractivity contribution in [2.24, 2.45) is 16.7 Å². The minimum Gasteiger partial charge on any atom is -0.329 e. The molecule has 1 saturated carbocycles. The first-order chi connectivity index (χ1) is 8.32. The van der Waals surface area contributed by atoms with E-state index in [1.807, 2.05) is 0 Å². The van der Waals surface area contributed by atoms with Gasteiger partial charge in [0.05, 0.1) is 6.07 Å². The molecule has 0 spiro atoms. The first-order valence-electron chi connectivity index (χ1n) is 6.75. The molecule has 0 bridgehead atoms. The Balaban J connectivity index is 2.10. The number of hydrogen-bond acceptors (Lipinski definition) is 2. The van der Waals surface area contributed by atoms with Crippen LogP contribution in [0.5, 0.6) is 0 Å². The Bertz CT molecular complexity index is 438. The molecule has 2 aliphatic carbocycles. The van der Waals surface area contributed by atoms with Crippen molar-refractivity contribution in [2.75, 3.05) is 0 Å². The van der Waals surface area contributed by atoms with E-state index in [1.54, 1.807) is 0 Å². The normalized spacial score (nSPS) is 25.5. The lowest BCUT2D eigenvalue weighted by Crippen LogP contribution is -2.28. The number of nitrogens with zero attached hydrogens (tertiary/aromatic N) is 1. The van der Waals surface area contributed by atoms with Gasteiger partial charge in [-0.3, -0.25) is 4.79 Å². The first kappa shape index (κ1) is 13.1. The summed E-state index contributed by atoms with van der Waals surface area (Å²) in [5.41, 5.74) is 1.75. The average Bonchev–Trinajstić information content (AvgIpc) is 2.70. The van der Waals surface area contributed by atoms with Gasteiger partial charge in [-0.1, -0.05) is 27.7 Å². The molecule has 0 aromatic heterocycles. The molecule has 0 aromatic carbocycles. The van der Waals surface area contributed by atoms with Crippen LogP contribution in [-0.4, -0.2) is 5.91 Å². The molecular formula is C15H22N2O. The second-order valence-electron chi connectivity index (χ2n) is 6.64. The van der Waals surface area contributed by atoms with Gasteiger partial charge in [-0.25, -0.2) is 0 Å². The summed E-state index contributed by atoms with van der Waals surface area (Å²) in [5.74, 6) is 0.147. The molecule has 0 atom stereocenters. The summed E-state index contributed by atoms with van der Waals surface area (Å²) in [6.07, 6.45) is 3.77. The molecule has 0 heterocycles. The van der Waals surface area contributed by atoms with Crippen LogP contribution in [0.15, 0.2) is 11.3 Å².